The third kappa shape index (κ3) is 7.72. The number of likely N-dealkylation sites (N-methyl/N-ethyl adjacent to an activating group) is 1. The van der Waals surface area contributed by atoms with Crippen molar-refractivity contribution in [3.8, 4) is 6.07 Å². The lowest BCUT2D eigenvalue weighted by Crippen LogP contribution is -2.41. The summed E-state index contributed by atoms with van der Waals surface area (Å²) in [7, 11) is 1.53. The van der Waals surface area contributed by atoms with Crippen molar-refractivity contribution < 1.29 is 19.1 Å². The number of urea groups is 1. The van der Waals surface area contributed by atoms with E-state index in [-0.39, 0.29) is 12.4 Å². The Morgan fingerprint density at radius 2 is 1.72 bits per heavy atom. The number of ether oxygens (including phenoxy) is 1. The zero-order chi connectivity index (χ0) is 28.4. The van der Waals surface area contributed by atoms with Crippen LogP contribution >= 0.6 is 11.3 Å². The lowest BCUT2D eigenvalue weighted by molar-refractivity contribution is -0.143. The van der Waals surface area contributed by atoms with Gasteiger partial charge in [0.15, 0.2) is 6.04 Å². The number of thiazole rings is 1. The minimum atomic E-state index is -1.15. The Morgan fingerprint density at radius 3 is 2.31 bits per heavy atom. The number of amides is 3. The molecular weight excluding hydrogens is 516 g/mol. The molecule has 3 rings (SSSR count). The van der Waals surface area contributed by atoms with E-state index < -0.39 is 23.5 Å². The molecule has 0 radical (unpaired) electrons. The summed E-state index contributed by atoms with van der Waals surface area (Å²) in [6.07, 6.45) is 14.3. The first-order chi connectivity index (χ1) is 18.7. The second kappa shape index (κ2) is 14.3. The van der Waals surface area contributed by atoms with Gasteiger partial charge < -0.3 is 9.64 Å². The predicted octanol–water partition coefficient (Wildman–Crippen LogP) is 5.72. The normalized spacial score (nSPS) is 15.7. The Labute approximate surface area is 234 Å². The van der Waals surface area contributed by atoms with E-state index in [1.165, 1.54) is 69.5 Å². The maximum atomic E-state index is 12.9. The van der Waals surface area contributed by atoms with Crippen molar-refractivity contribution in [3.63, 3.8) is 0 Å². The number of carbonyl (C=O) groups is 3. The highest BCUT2D eigenvalue weighted by Crippen LogP contribution is 2.35. The number of nitrogens with zero attached hydrogens (tertiary/aromatic N) is 6. The molecule has 0 spiro atoms. The summed E-state index contributed by atoms with van der Waals surface area (Å²) in [5, 5.41) is 10.1. The van der Waals surface area contributed by atoms with E-state index in [9.17, 15) is 19.6 Å². The van der Waals surface area contributed by atoms with Gasteiger partial charge in [-0.2, -0.15) is 5.26 Å². The summed E-state index contributed by atoms with van der Waals surface area (Å²) in [6.45, 7) is 5.94. The van der Waals surface area contributed by atoms with Crippen molar-refractivity contribution in [2.75, 3.05) is 13.7 Å². The molecule has 2 aromatic heterocycles. The average Bonchev–Trinajstić information content (AvgIpc) is 3.40. The lowest BCUT2D eigenvalue weighted by Gasteiger charge is -2.22. The fourth-order valence-corrected chi connectivity index (χ4v) is 5.43. The third-order valence-corrected chi connectivity index (χ3v) is 8.24. The second-order valence-electron chi connectivity index (χ2n) is 10.5. The van der Waals surface area contributed by atoms with Gasteiger partial charge in [-0.15, -0.1) is 0 Å². The zero-order valence-corrected chi connectivity index (χ0v) is 24.4. The standard InChI is InChI=1S/C28H40N6O4S/c1-5-6-7-8-9-10-11-12-13-14-17-38-23(35)16-15-22-30-19-20-24(32-22)39-25(31-20)21(18-29)34-26(36)28(2,3)33(4)27(34)37/h19,21H,5-17H2,1-4H3. The minimum Gasteiger partial charge on any atom is -0.466 e. The number of aromatic nitrogens is 3. The van der Waals surface area contributed by atoms with Gasteiger partial charge in [-0.25, -0.2) is 24.6 Å². The quantitative estimate of drug-likeness (QED) is 0.146. The number of fused-ring (bicyclic) bond motifs is 1. The number of hydrogen-bond donors (Lipinski definition) is 0. The van der Waals surface area contributed by atoms with Crippen LogP contribution in [0.15, 0.2) is 6.20 Å². The molecule has 0 N–H and O–H groups in total. The molecule has 2 aromatic rings. The van der Waals surface area contributed by atoms with Crippen LogP contribution in [0.25, 0.3) is 10.3 Å². The maximum Gasteiger partial charge on any atom is 0.328 e. The first-order valence-electron chi connectivity index (χ1n) is 14.0. The molecule has 0 aromatic carbocycles. The van der Waals surface area contributed by atoms with Crippen molar-refractivity contribution in [2.45, 2.75) is 109 Å². The Hall–Kier alpha value is -3.13. The summed E-state index contributed by atoms with van der Waals surface area (Å²) in [5.41, 5.74) is -0.577. The maximum absolute atomic E-state index is 12.9. The monoisotopic (exact) mass is 556 g/mol. The van der Waals surface area contributed by atoms with Gasteiger partial charge in [-0.05, 0) is 20.3 Å². The predicted molar refractivity (Wildman–Crippen MR) is 149 cm³/mol. The Morgan fingerprint density at radius 1 is 1.08 bits per heavy atom. The van der Waals surface area contributed by atoms with Gasteiger partial charge in [-0.1, -0.05) is 76.0 Å². The molecule has 39 heavy (non-hydrogen) atoms. The van der Waals surface area contributed by atoms with Gasteiger partial charge in [-0.3, -0.25) is 9.59 Å². The number of unbranched alkanes of at least 4 members (excludes halogenated alkanes) is 9. The molecule has 212 valence electrons. The summed E-state index contributed by atoms with van der Waals surface area (Å²) < 4.78 is 5.36. The number of nitriles is 1. The molecule has 3 heterocycles. The number of carbonyl (C=O) groups excluding carboxylic acids is 3. The first-order valence-corrected chi connectivity index (χ1v) is 14.8. The molecule has 1 aliphatic rings. The van der Waals surface area contributed by atoms with Crippen LogP contribution in [-0.4, -0.2) is 61.9 Å². The van der Waals surface area contributed by atoms with Gasteiger partial charge in [0.05, 0.1) is 25.3 Å². The van der Waals surface area contributed by atoms with Crippen LogP contribution in [0.3, 0.4) is 0 Å². The molecule has 10 nitrogen and oxygen atoms in total. The van der Waals surface area contributed by atoms with Gasteiger partial charge in [0.25, 0.3) is 5.91 Å². The van der Waals surface area contributed by atoms with Gasteiger partial charge in [0, 0.05) is 13.5 Å². The summed E-state index contributed by atoms with van der Waals surface area (Å²) in [6, 6.07) is 0.341. The van der Waals surface area contributed by atoms with Gasteiger partial charge in [0.2, 0.25) is 0 Å². The van der Waals surface area contributed by atoms with E-state index in [2.05, 4.69) is 21.9 Å². The van der Waals surface area contributed by atoms with E-state index >= 15 is 0 Å². The highest BCUT2D eigenvalue weighted by atomic mass is 32.1. The fraction of sp³-hybridized carbons (Fsp3) is 0.679. The molecule has 3 amide bonds. The SMILES string of the molecule is CCCCCCCCCCCCOC(=O)CCc1ncc2nc(C(C#N)N3C(=O)N(C)C(C)(C)C3=O)sc2n1. The number of aryl methyl sites for hydroxylation is 1. The highest BCUT2D eigenvalue weighted by molar-refractivity contribution is 7.18. The summed E-state index contributed by atoms with van der Waals surface area (Å²) in [5.74, 6) is -0.262. The molecule has 0 saturated carbocycles. The Balaban J connectivity index is 1.44. The van der Waals surface area contributed by atoms with E-state index in [0.717, 1.165) is 29.1 Å². The first kappa shape index (κ1) is 30.4. The summed E-state index contributed by atoms with van der Waals surface area (Å²) >= 11 is 1.13. The summed E-state index contributed by atoms with van der Waals surface area (Å²) in [4.78, 5) is 53.7. The van der Waals surface area contributed by atoms with Crippen LogP contribution in [-0.2, 0) is 20.7 Å². The van der Waals surface area contributed by atoms with Gasteiger partial charge >= 0.3 is 12.0 Å². The molecule has 0 bridgehead atoms. The number of imide groups is 1. The number of esters is 1. The lowest BCUT2D eigenvalue weighted by atomic mass is 10.0. The zero-order valence-electron chi connectivity index (χ0n) is 23.6. The topological polar surface area (TPSA) is 129 Å². The molecule has 1 fully saturated rings. The molecular formula is C28H40N6O4S. The molecule has 11 heteroatoms. The van der Waals surface area contributed by atoms with Crippen LogP contribution in [0.1, 0.15) is 108 Å². The van der Waals surface area contributed by atoms with Crippen LogP contribution in [0, 0.1) is 11.3 Å². The van der Waals surface area contributed by atoms with Crippen molar-refractivity contribution in [2.24, 2.45) is 0 Å². The second-order valence-corrected chi connectivity index (χ2v) is 11.5. The smallest absolute Gasteiger partial charge is 0.328 e. The average molecular weight is 557 g/mol. The van der Waals surface area contributed by atoms with Crippen molar-refractivity contribution in [1.82, 2.24) is 24.8 Å². The van der Waals surface area contributed by atoms with E-state index in [1.54, 1.807) is 13.8 Å². The minimum absolute atomic E-state index is 0.175. The van der Waals surface area contributed by atoms with Crippen LogP contribution in [0.2, 0.25) is 0 Å². The third-order valence-electron chi connectivity index (χ3n) is 7.22. The number of hydrogen-bond acceptors (Lipinski definition) is 9. The van der Waals surface area contributed by atoms with Gasteiger partial charge in [0.1, 0.15) is 26.7 Å². The van der Waals surface area contributed by atoms with Crippen molar-refractivity contribution >= 4 is 39.6 Å². The van der Waals surface area contributed by atoms with Crippen molar-refractivity contribution in [1.29, 1.82) is 5.26 Å². The van der Waals surface area contributed by atoms with Crippen LogP contribution < -0.4 is 0 Å². The Kier molecular flexibility index (Phi) is 11.2. The molecule has 1 atom stereocenters. The molecule has 1 aliphatic heterocycles. The van der Waals surface area contributed by atoms with Crippen LogP contribution in [0.5, 0.6) is 0 Å². The van der Waals surface area contributed by atoms with E-state index in [0.29, 0.717) is 34.2 Å². The van der Waals surface area contributed by atoms with E-state index in [4.69, 9.17) is 4.74 Å². The molecule has 0 aliphatic carbocycles. The fourth-order valence-electron chi connectivity index (χ4n) is 4.46. The van der Waals surface area contributed by atoms with E-state index in [1.807, 2.05) is 6.07 Å². The van der Waals surface area contributed by atoms with Crippen LogP contribution in [0.4, 0.5) is 4.79 Å². The molecule has 1 unspecified atom stereocenters. The van der Waals surface area contributed by atoms with Crippen molar-refractivity contribution in [3.05, 3.63) is 17.0 Å². The number of rotatable bonds is 16. The highest BCUT2D eigenvalue weighted by Gasteiger charge is 2.52. The Bertz CT molecular complexity index is 1190. The largest absolute Gasteiger partial charge is 0.466 e. The molecule has 1 saturated heterocycles.